The minimum Gasteiger partial charge on any atom is -0.326 e. The van der Waals surface area contributed by atoms with Crippen molar-refractivity contribution in [3.8, 4) is 0 Å². The first-order chi connectivity index (χ1) is 6.33. The molecule has 0 heterocycles. The molecule has 0 fully saturated rings. The van der Waals surface area contributed by atoms with Crippen molar-refractivity contribution in [3.05, 3.63) is 35.4 Å². The van der Waals surface area contributed by atoms with Crippen LogP contribution in [-0.2, 0) is 11.3 Å². The van der Waals surface area contributed by atoms with Crippen molar-refractivity contribution in [1.82, 2.24) is 0 Å². The lowest BCUT2D eigenvalue weighted by Gasteiger charge is -2.11. The fourth-order valence-electron chi connectivity index (χ4n) is 1.27. The number of carbonyl (C=O) groups is 1. The van der Waals surface area contributed by atoms with Gasteiger partial charge in [0.05, 0.1) is 0 Å². The van der Waals surface area contributed by atoms with Crippen molar-refractivity contribution in [1.29, 1.82) is 0 Å². The quantitative estimate of drug-likeness (QED) is 0.646. The number of aldehydes is 1. The summed E-state index contributed by atoms with van der Waals surface area (Å²) in [6.07, 6.45) is 0.948. The Kier molecular flexibility index (Phi) is 4.12. The molecule has 0 saturated heterocycles. The topological polar surface area (TPSA) is 43.1 Å². The SMILES string of the molecule is NCc1ccccc1C(C=O)CBr. The molecule has 13 heavy (non-hydrogen) atoms. The van der Waals surface area contributed by atoms with Gasteiger partial charge < -0.3 is 10.5 Å². The molecule has 1 unspecified atom stereocenters. The van der Waals surface area contributed by atoms with E-state index in [9.17, 15) is 4.79 Å². The Morgan fingerprint density at radius 3 is 2.69 bits per heavy atom. The Morgan fingerprint density at radius 2 is 2.15 bits per heavy atom. The number of benzene rings is 1. The molecule has 0 bridgehead atoms. The molecule has 0 spiro atoms. The first-order valence-corrected chi connectivity index (χ1v) is 5.24. The number of rotatable bonds is 4. The molecular formula is C10H12BrNO. The second-order valence-electron chi connectivity index (χ2n) is 2.80. The number of carbonyl (C=O) groups excluding carboxylic acids is 1. The smallest absolute Gasteiger partial charge is 0.128 e. The van der Waals surface area contributed by atoms with Crippen LogP contribution in [0, 0.1) is 0 Å². The fraction of sp³-hybridized carbons (Fsp3) is 0.300. The first kappa shape index (κ1) is 10.4. The van der Waals surface area contributed by atoms with Gasteiger partial charge in [-0.1, -0.05) is 40.2 Å². The lowest BCUT2D eigenvalue weighted by atomic mass is 9.97. The Morgan fingerprint density at radius 1 is 1.46 bits per heavy atom. The molecule has 1 aromatic carbocycles. The van der Waals surface area contributed by atoms with Gasteiger partial charge in [0.15, 0.2) is 0 Å². The maximum atomic E-state index is 10.7. The van der Waals surface area contributed by atoms with Crippen LogP contribution in [0.25, 0.3) is 0 Å². The van der Waals surface area contributed by atoms with Crippen molar-refractivity contribution in [3.63, 3.8) is 0 Å². The molecule has 1 rings (SSSR count). The second kappa shape index (κ2) is 5.14. The summed E-state index contributed by atoms with van der Waals surface area (Å²) in [5.74, 6) is -0.0836. The zero-order chi connectivity index (χ0) is 9.68. The number of hydrogen-bond acceptors (Lipinski definition) is 2. The fourth-order valence-corrected chi connectivity index (χ4v) is 1.78. The van der Waals surface area contributed by atoms with Crippen LogP contribution >= 0.6 is 15.9 Å². The molecule has 0 amide bonds. The minimum atomic E-state index is -0.0836. The van der Waals surface area contributed by atoms with Crippen LogP contribution in [0.4, 0.5) is 0 Å². The van der Waals surface area contributed by atoms with Crippen molar-refractivity contribution < 1.29 is 4.79 Å². The van der Waals surface area contributed by atoms with Crippen LogP contribution in [-0.4, -0.2) is 11.6 Å². The zero-order valence-corrected chi connectivity index (χ0v) is 8.83. The van der Waals surface area contributed by atoms with Gasteiger partial charge in [0.2, 0.25) is 0 Å². The van der Waals surface area contributed by atoms with E-state index >= 15 is 0 Å². The third-order valence-corrected chi connectivity index (χ3v) is 2.70. The Bertz CT molecular complexity index is 288. The predicted octanol–water partition coefficient (Wildman–Crippen LogP) is 1.82. The van der Waals surface area contributed by atoms with E-state index in [1.807, 2.05) is 24.3 Å². The maximum absolute atomic E-state index is 10.7. The second-order valence-corrected chi connectivity index (χ2v) is 3.45. The van der Waals surface area contributed by atoms with Crippen LogP contribution in [0.15, 0.2) is 24.3 Å². The molecular weight excluding hydrogens is 230 g/mol. The summed E-state index contributed by atoms with van der Waals surface area (Å²) in [6.45, 7) is 0.480. The lowest BCUT2D eigenvalue weighted by molar-refractivity contribution is -0.108. The summed E-state index contributed by atoms with van der Waals surface area (Å²) < 4.78 is 0. The molecule has 1 atom stereocenters. The van der Waals surface area contributed by atoms with Gasteiger partial charge in [0.25, 0.3) is 0 Å². The van der Waals surface area contributed by atoms with E-state index in [4.69, 9.17) is 5.73 Å². The summed E-state index contributed by atoms with van der Waals surface area (Å²) in [5, 5.41) is 0.646. The summed E-state index contributed by atoms with van der Waals surface area (Å²) in [4.78, 5) is 10.7. The number of hydrogen-bond donors (Lipinski definition) is 1. The van der Waals surface area contributed by atoms with E-state index in [0.29, 0.717) is 11.9 Å². The molecule has 0 aliphatic rings. The Labute approximate surface area is 86.3 Å². The minimum absolute atomic E-state index is 0.0836. The van der Waals surface area contributed by atoms with E-state index in [0.717, 1.165) is 17.4 Å². The predicted molar refractivity (Wildman–Crippen MR) is 56.9 cm³/mol. The zero-order valence-electron chi connectivity index (χ0n) is 7.24. The highest BCUT2D eigenvalue weighted by atomic mass is 79.9. The van der Waals surface area contributed by atoms with Crippen LogP contribution in [0.3, 0.4) is 0 Å². The van der Waals surface area contributed by atoms with Gasteiger partial charge in [-0.3, -0.25) is 0 Å². The molecule has 2 N–H and O–H groups in total. The van der Waals surface area contributed by atoms with Gasteiger partial charge in [0.1, 0.15) is 6.29 Å². The van der Waals surface area contributed by atoms with Crippen LogP contribution in [0.2, 0.25) is 0 Å². The van der Waals surface area contributed by atoms with Gasteiger partial charge in [-0.25, -0.2) is 0 Å². The van der Waals surface area contributed by atoms with Crippen LogP contribution in [0.5, 0.6) is 0 Å². The first-order valence-electron chi connectivity index (χ1n) is 4.12. The van der Waals surface area contributed by atoms with Crippen molar-refractivity contribution in [2.45, 2.75) is 12.5 Å². The van der Waals surface area contributed by atoms with E-state index in [1.54, 1.807) is 0 Å². The van der Waals surface area contributed by atoms with Crippen LogP contribution in [0.1, 0.15) is 17.0 Å². The van der Waals surface area contributed by atoms with E-state index in [2.05, 4.69) is 15.9 Å². The third kappa shape index (κ3) is 2.39. The number of nitrogens with two attached hydrogens (primary N) is 1. The number of alkyl halides is 1. The largest absolute Gasteiger partial charge is 0.326 e. The number of halogens is 1. The molecule has 70 valence electrons. The van der Waals surface area contributed by atoms with Crippen molar-refractivity contribution in [2.75, 3.05) is 5.33 Å². The summed E-state index contributed by atoms with van der Waals surface area (Å²) in [6, 6.07) is 7.76. The normalized spacial score (nSPS) is 12.5. The van der Waals surface area contributed by atoms with Gasteiger partial charge in [-0.2, -0.15) is 0 Å². The van der Waals surface area contributed by atoms with E-state index < -0.39 is 0 Å². The highest BCUT2D eigenvalue weighted by molar-refractivity contribution is 9.09. The monoisotopic (exact) mass is 241 g/mol. The van der Waals surface area contributed by atoms with Gasteiger partial charge in [0, 0.05) is 17.8 Å². The molecule has 0 aromatic heterocycles. The average Bonchev–Trinajstić information content (AvgIpc) is 2.20. The molecule has 2 nitrogen and oxygen atoms in total. The maximum Gasteiger partial charge on any atom is 0.128 e. The molecule has 3 heteroatoms. The Balaban J connectivity index is 3.03. The molecule has 0 aliphatic carbocycles. The van der Waals surface area contributed by atoms with Gasteiger partial charge >= 0.3 is 0 Å². The molecule has 1 aromatic rings. The summed E-state index contributed by atoms with van der Waals surface area (Å²) in [5.41, 5.74) is 7.63. The standard InChI is InChI=1S/C10H12BrNO/c11-5-9(7-13)10-4-2-1-3-8(10)6-12/h1-4,7,9H,5-6,12H2. The molecule has 0 aliphatic heterocycles. The molecule has 0 radical (unpaired) electrons. The summed E-state index contributed by atoms with van der Waals surface area (Å²) >= 11 is 3.30. The van der Waals surface area contributed by atoms with Gasteiger partial charge in [-0.15, -0.1) is 0 Å². The Hall–Kier alpha value is -0.670. The average molecular weight is 242 g/mol. The highest BCUT2D eigenvalue weighted by Crippen LogP contribution is 2.19. The van der Waals surface area contributed by atoms with Crippen LogP contribution < -0.4 is 5.73 Å². The third-order valence-electron chi connectivity index (χ3n) is 2.00. The van der Waals surface area contributed by atoms with E-state index in [1.165, 1.54) is 0 Å². The molecule has 0 saturated carbocycles. The summed E-state index contributed by atoms with van der Waals surface area (Å²) in [7, 11) is 0. The van der Waals surface area contributed by atoms with Crippen molar-refractivity contribution >= 4 is 22.2 Å². The van der Waals surface area contributed by atoms with E-state index in [-0.39, 0.29) is 5.92 Å². The highest BCUT2D eigenvalue weighted by Gasteiger charge is 2.11. The van der Waals surface area contributed by atoms with Crippen molar-refractivity contribution in [2.24, 2.45) is 5.73 Å². The van der Waals surface area contributed by atoms with Gasteiger partial charge in [-0.05, 0) is 11.1 Å². The lowest BCUT2D eigenvalue weighted by Crippen LogP contribution is -2.08.